The first-order valence-corrected chi connectivity index (χ1v) is 8.27. The molecule has 0 saturated heterocycles. The molecule has 1 saturated carbocycles. The van der Waals surface area contributed by atoms with Crippen LogP contribution in [-0.4, -0.2) is 33.4 Å². The number of hydrogen-bond donors (Lipinski definition) is 3. The van der Waals surface area contributed by atoms with Gasteiger partial charge in [0.05, 0.1) is 11.9 Å². The molecule has 2 aromatic rings. The third-order valence-corrected chi connectivity index (χ3v) is 4.69. The van der Waals surface area contributed by atoms with Gasteiger partial charge in [-0.3, -0.25) is 4.98 Å². The van der Waals surface area contributed by atoms with Crippen LogP contribution in [0, 0.1) is 0 Å². The highest BCUT2D eigenvalue weighted by Gasteiger charge is 2.32. The number of hydrogen-bond acceptors (Lipinski definition) is 4. The summed E-state index contributed by atoms with van der Waals surface area (Å²) in [6.07, 6.45) is 2.08. The van der Waals surface area contributed by atoms with Gasteiger partial charge in [-0.1, -0.05) is 26.0 Å². The molecule has 1 fully saturated rings. The lowest BCUT2D eigenvalue weighted by Crippen LogP contribution is -2.48. The lowest BCUT2D eigenvalue weighted by Gasteiger charge is -2.35. The number of carbonyl (C=O) groups is 1. The van der Waals surface area contributed by atoms with E-state index in [0.29, 0.717) is 18.6 Å². The van der Waals surface area contributed by atoms with Crippen molar-refractivity contribution < 1.29 is 19.7 Å². The van der Waals surface area contributed by atoms with Gasteiger partial charge in [-0.2, -0.15) is 0 Å². The highest BCUT2D eigenvalue weighted by molar-refractivity contribution is 5.65. The fourth-order valence-corrected chi connectivity index (χ4v) is 2.99. The van der Waals surface area contributed by atoms with Gasteiger partial charge in [0, 0.05) is 24.3 Å². The van der Waals surface area contributed by atoms with E-state index in [0.717, 1.165) is 11.3 Å². The average Bonchev–Trinajstić information content (AvgIpc) is 2.53. The molecule has 1 aromatic carbocycles. The lowest BCUT2D eigenvalue weighted by molar-refractivity contribution is 0.0830. The number of carboxylic acid groups (broad SMARTS) is 1. The van der Waals surface area contributed by atoms with E-state index in [1.54, 1.807) is 18.3 Å². The number of phenols is 1. The summed E-state index contributed by atoms with van der Waals surface area (Å²) in [6.45, 7) is 4.16. The Balaban J connectivity index is 1.62. The largest absolute Gasteiger partial charge is 0.508 e. The van der Waals surface area contributed by atoms with Gasteiger partial charge in [0.1, 0.15) is 17.6 Å². The molecule has 0 radical (unpaired) electrons. The predicted octanol–water partition coefficient (Wildman–Crippen LogP) is 3.29. The number of aromatic hydroxyl groups is 1. The minimum Gasteiger partial charge on any atom is -0.508 e. The Bertz CT molecular complexity index is 735. The molecule has 0 unspecified atom stereocenters. The van der Waals surface area contributed by atoms with Crippen molar-refractivity contribution in [3.63, 3.8) is 0 Å². The van der Waals surface area contributed by atoms with Crippen LogP contribution in [0.15, 0.2) is 42.6 Å². The van der Waals surface area contributed by atoms with Crippen molar-refractivity contribution in [2.75, 3.05) is 0 Å². The maximum Gasteiger partial charge on any atom is 0.404 e. The SMILES string of the molecule is CC(C)(c1ccc(O)cc1)c1ccc(O[C@H]2C[C@@H](NC(=O)O)C2)cn1. The van der Waals surface area contributed by atoms with Crippen LogP contribution in [0.5, 0.6) is 11.5 Å². The Kier molecular flexibility index (Phi) is 4.53. The summed E-state index contributed by atoms with van der Waals surface area (Å²) in [5, 5.41) is 20.6. The molecular weight excluding hydrogens is 320 g/mol. The van der Waals surface area contributed by atoms with Gasteiger partial charge in [-0.05, 0) is 29.8 Å². The first-order valence-electron chi connectivity index (χ1n) is 8.27. The number of nitrogens with zero attached hydrogens (tertiary/aromatic N) is 1. The maximum atomic E-state index is 10.6. The Morgan fingerprint density at radius 2 is 1.88 bits per heavy atom. The van der Waals surface area contributed by atoms with E-state index in [4.69, 9.17) is 9.84 Å². The van der Waals surface area contributed by atoms with Gasteiger partial charge >= 0.3 is 6.09 Å². The minimum atomic E-state index is -0.995. The zero-order chi connectivity index (χ0) is 18.0. The molecule has 0 spiro atoms. The maximum absolute atomic E-state index is 10.6. The van der Waals surface area contributed by atoms with Crippen LogP contribution >= 0.6 is 0 Å². The van der Waals surface area contributed by atoms with E-state index in [-0.39, 0.29) is 23.3 Å². The Morgan fingerprint density at radius 3 is 2.44 bits per heavy atom. The van der Waals surface area contributed by atoms with Gasteiger partial charge in [0.2, 0.25) is 0 Å². The molecule has 132 valence electrons. The molecule has 1 heterocycles. The summed E-state index contributed by atoms with van der Waals surface area (Å²) >= 11 is 0. The molecule has 6 nitrogen and oxygen atoms in total. The molecule has 0 atom stereocenters. The van der Waals surface area contributed by atoms with Crippen molar-refractivity contribution in [3.8, 4) is 11.5 Å². The molecule has 0 aliphatic heterocycles. The second kappa shape index (κ2) is 6.63. The molecule has 25 heavy (non-hydrogen) atoms. The van der Waals surface area contributed by atoms with Gasteiger partial charge < -0.3 is 20.3 Å². The number of benzene rings is 1. The number of aromatic nitrogens is 1. The predicted molar refractivity (Wildman–Crippen MR) is 93.1 cm³/mol. The molecule has 1 amide bonds. The zero-order valence-electron chi connectivity index (χ0n) is 14.3. The molecular formula is C19H22N2O4. The van der Waals surface area contributed by atoms with Crippen LogP contribution in [0.3, 0.4) is 0 Å². The van der Waals surface area contributed by atoms with Crippen LogP contribution in [-0.2, 0) is 5.41 Å². The highest BCUT2D eigenvalue weighted by Crippen LogP contribution is 2.32. The average molecular weight is 342 g/mol. The fourth-order valence-electron chi connectivity index (χ4n) is 2.99. The van der Waals surface area contributed by atoms with E-state index in [1.807, 2.05) is 24.3 Å². The fraction of sp³-hybridized carbons (Fsp3) is 0.368. The van der Waals surface area contributed by atoms with Crippen molar-refractivity contribution in [1.29, 1.82) is 0 Å². The van der Waals surface area contributed by atoms with Gasteiger partial charge in [-0.25, -0.2) is 4.79 Å². The first-order chi connectivity index (χ1) is 11.8. The highest BCUT2D eigenvalue weighted by atomic mass is 16.5. The van der Waals surface area contributed by atoms with E-state index in [1.165, 1.54) is 0 Å². The van der Waals surface area contributed by atoms with Crippen LogP contribution < -0.4 is 10.1 Å². The van der Waals surface area contributed by atoms with Crippen molar-refractivity contribution in [1.82, 2.24) is 10.3 Å². The van der Waals surface area contributed by atoms with E-state index < -0.39 is 6.09 Å². The van der Waals surface area contributed by atoms with E-state index >= 15 is 0 Å². The second-order valence-corrected chi connectivity index (χ2v) is 6.91. The second-order valence-electron chi connectivity index (χ2n) is 6.91. The Hall–Kier alpha value is -2.76. The molecule has 0 bridgehead atoms. The number of rotatable bonds is 5. The first kappa shape index (κ1) is 17.1. The summed E-state index contributed by atoms with van der Waals surface area (Å²) in [5.41, 5.74) is 1.68. The topological polar surface area (TPSA) is 91.7 Å². The third-order valence-electron chi connectivity index (χ3n) is 4.69. The quantitative estimate of drug-likeness (QED) is 0.775. The normalized spacial score (nSPS) is 19.8. The number of phenolic OH excluding ortho intramolecular Hbond substituents is 1. The van der Waals surface area contributed by atoms with Gasteiger partial charge in [0.15, 0.2) is 0 Å². The smallest absolute Gasteiger partial charge is 0.404 e. The number of pyridine rings is 1. The number of ether oxygens (including phenoxy) is 1. The van der Waals surface area contributed by atoms with Crippen LogP contribution in [0.1, 0.15) is 37.9 Å². The minimum absolute atomic E-state index is 0.0228. The molecule has 6 heteroatoms. The van der Waals surface area contributed by atoms with Crippen molar-refractivity contribution in [3.05, 3.63) is 53.9 Å². The van der Waals surface area contributed by atoms with Crippen molar-refractivity contribution in [2.45, 2.75) is 44.2 Å². The van der Waals surface area contributed by atoms with E-state index in [9.17, 15) is 9.90 Å². The van der Waals surface area contributed by atoms with Crippen molar-refractivity contribution in [2.24, 2.45) is 0 Å². The van der Waals surface area contributed by atoms with Gasteiger partial charge in [0.25, 0.3) is 0 Å². The summed E-state index contributed by atoms with van der Waals surface area (Å²) in [5.74, 6) is 0.927. The Morgan fingerprint density at radius 1 is 1.20 bits per heavy atom. The molecule has 3 N–H and O–H groups in total. The molecule has 3 rings (SSSR count). The third kappa shape index (κ3) is 3.84. The molecule has 1 aliphatic carbocycles. The summed E-state index contributed by atoms with van der Waals surface area (Å²) in [7, 11) is 0. The van der Waals surface area contributed by atoms with Crippen molar-refractivity contribution >= 4 is 6.09 Å². The van der Waals surface area contributed by atoms with E-state index in [2.05, 4.69) is 24.1 Å². The van der Waals surface area contributed by atoms with Crippen LogP contribution in [0.4, 0.5) is 4.79 Å². The molecule has 1 aromatic heterocycles. The lowest BCUT2D eigenvalue weighted by atomic mass is 9.81. The van der Waals surface area contributed by atoms with Crippen LogP contribution in [0.25, 0.3) is 0 Å². The standard InChI is InChI=1S/C19H22N2O4/c1-19(2,12-3-5-14(22)6-4-12)17-8-7-15(11-20-17)25-16-9-13(10-16)21-18(23)24/h3-8,11,13,16,21-22H,9-10H2,1-2H3,(H,23,24)/t13-,16+. The summed E-state index contributed by atoms with van der Waals surface area (Å²) < 4.78 is 5.82. The van der Waals surface area contributed by atoms with Crippen LogP contribution in [0.2, 0.25) is 0 Å². The summed E-state index contributed by atoms with van der Waals surface area (Å²) in [6, 6.07) is 10.9. The monoisotopic (exact) mass is 342 g/mol. The zero-order valence-corrected chi connectivity index (χ0v) is 14.3. The molecule has 1 aliphatic rings. The number of amides is 1. The number of nitrogens with one attached hydrogen (secondary N) is 1. The van der Waals surface area contributed by atoms with Gasteiger partial charge in [-0.15, -0.1) is 0 Å². The summed E-state index contributed by atoms with van der Waals surface area (Å²) in [4.78, 5) is 15.1. The Labute approximate surface area is 146 Å².